The molecular weight excluding hydrogens is 635 g/mol. The lowest BCUT2D eigenvalue weighted by atomic mass is 9.83. The minimum Gasteiger partial charge on any atom is -0.389 e. The highest BCUT2D eigenvalue weighted by Crippen LogP contribution is 2.32. The number of imidazole rings is 2. The quantitative estimate of drug-likeness (QED) is 0.222. The zero-order valence-electron chi connectivity index (χ0n) is 24.3. The van der Waals surface area contributed by atoms with Crippen LogP contribution in [0.5, 0.6) is 0 Å². The molecule has 3 aromatic heterocycles. The molecule has 220 valence electrons. The fourth-order valence-corrected chi connectivity index (χ4v) is 6.60. The molecule has 1 aromatic carbocycles. The Bertz CT molecular complexity index is 1520. The predicted octanol–water partition coefficient (Wildman–Crippen LogP) is 3.64. The van der Waals surface area contributed by atoms with Gasteiger partial charge in [0, 0.05) is 31.7 Å². The first kappa shape index (κ1) is 28.7. The van der Waals surface area contributed by atoms with Crippen LogP contribution in [0.15, 0.2) is 24.3 Å². The second-order valence-corrected chi connectivity index (χ2v) is 12.2. The molecule has 0 spiro atoms. The van der Waals surface area contributed by atoms with Gasteiger partial charge in [-0.15, -0.1) is 0 Å². The highest BCUT2D eigenvalue weighted by molar-refractivity contribution is 14.1. The van der Waals surface area contributed by atoms with Crippen LogP contribution in [0.1, 0.15) is 44.4 Å². The molecule has 6 rings (SSSR count). The van der Waals surface area contributed by atoms with Crippen LogP contribution in [0.4, 0.5) is 5.82 Å². The lowest BCUT2D eigenvalue weighted by molar-refractivity contribution is -0.00769. The van der Waals surface area contributed by atoms with E-state index in [0.29, 0.717) is 25.1 Å². The monoisotopic (exact) mass is 674 g/mol. The van der Waals surface area contributed by atoms with Crippen LogP contribution >= 0.6 is 22.6 Å². The number of hydrogen-bond donors (Lipinski definition) is 1. The summed E-state index contributed by atoms with van der Waals surface area (Å²) in [5.41, 5.74) is 2.80. The molecular formula is C29H39IN8O3. The number of methoxy groups -OCH3 is 1. The third-order valence-electron chi connectivity index (χ3n) is 8.70. The zero-order chi connectivity index (χ0) is 28.7. The van der Waals surface area contributed by atoms with E-state index in [1.807, 2.05) is 49.7 Å². The van der Waals surface area contributed by atoms with Gasteiger partial charge in [-0.05, 0) is 57.8 Å². The number of benzene rings is 1. The number of likely N-dealkylation sites (tertiary alicyclic amines) is 1. The molecule has 12 heteroatoms. The average molecular weight is 675 g/mol. The van der Waals surface area contributed by atoms with Crippen LogP contribution in [-0.2, 0) is 23.1 Å². The molecule has 2 saturated heterocycles. The van der Waals surface area contributed by atoms with Gasteiger partial charge < -0.3 is 24.0 Å². The summed E-state index contributed by atoms with van der Waals surface area (Å²) in [5.74, 6) is 3.42. The van der Waals surface area contributed by atoms with E-state index in [2.05, 4.69) is 37.0 Å². The number of anilines is 1. The molecule has 11 nitrogen and oxygen atoms in total. The Morgan fingerprint density at radius 3 is 2.54 bits per heavy atom. The number of alkyl halides is 1. The molecule has 0 bridgehead atoms. The number of fused-ring (bicyclic) bond motifs is 2. The van der Waals surface area contributed by atoms with Crippen LogP contribution < -0.4 is 4.90 Å². The lowest BCUT2D eigenvalue weighted by Crippen LogP contribution is -2.44. The summed E-state index contributed by atoms with van der Waals surface area (Å²) in [6.45, 7) is 9.35. The van der Waals surface area contributed by atoms with Crippen molar-refractivity contribution in [3.63, 3.8) is 0 Å². The molecule has 4 aromatic rings. The largest absolute Gasteiger partial charge is 0.389 e. The number of para-hydroxylation sites is 2. The number of aliphatic hydroxyl groups is 1. The van der Waals surface area contributed by atoms with Crippen LogP contribution in [0.25, 0.3) is 28.1 Å². The zero-order valence-corrected chi connectivity index (χ0v) is 26.4. The number of aryl methyl sites for hydroxylation is 1. The maximum Gasteiger partial charge on any atom is 0.239 e. The van der Waals surface area contributed by atoms with Crippen molar-refractivity contribution in [1.29, 1.82) is 0 Å². The maximum absolute atomic E-state index is 10.8. The van der Waals surface area contributed by atoms with Gasteiger partial charge in [0.25, 0.3) is 0 Å². The van der Waals surface area contributed by atoms with Crippen LogP contribution in [0.3, 0.4) is 0 Å². The summed E-state index contributed by atoms with van der Waals surface area (Å²) in [4.78, 5) is 25.0. The van der Waals surface area contributed by atoms with Crippen molar-refractivity contribution >= 4 is 50.6 Å². The lowest BCUT2D eigenvalue weighted by Gasteiger charge is -2.38. The molecule has 0 amide bonds. The van der Waals surface area contributed by atoms with Gasteiger partial charge in [-0.25, -0.2) is 9.97 Å². The molecule has 5 heterocycles. The van der Waals surface area contributed by atoms with E-state index >= 15 is 0 Å². The second kappa shape index (κ2) is 11.7. The SMILES string of the molecule is COC(C)c1nc2ccccc2n1-c1nc(N2CCOCC2)c2nc(CN3CCC(C(C)(O)CI)CC3)n(C)c2n1. The molecule has 2 atom stereocenters. The second-order valence-electron chi connectivity index (χ2n) is 11.4. The standard InChI is InChI=1S/C29H39IN8O3/c1-19(40-4)25-31-21-7-5-6-8-22(21)38(25)28-33-26-24(27(34-28)37-13-15-41-16-14-37)32-23(35(26)3)17-36-11-9-20(10-12-36)29(2,39)18-30/h5-8,19-20,39H,9-18H2,1-4H3. The Balaban J connectivity index is 1.42. The van der Waals surface area contributed by atoms with E-state index < -0.39 is 5.60 Å². The van der Waals surface area contributed by atoms with Gasteiger partial charge in [0.05, 0.1) is 36.4 Å². The smallest absolute Gasteiger partial charge is 0.239 e. The Morgan fingerprint density at radius 1 is 1.10 bits per heavy atom. The number of hydrogen-bond acceptors (Lipinski definition) is 9. The number of morpholine rings is 1. The van der Waals surface area contributed by atoms with Gasteiger partial charge in [-0.2, -0.15) is 9.97 Å². The number of nitrogens with zero attached hydrogens (tertiary/aromatic N) is 8. The third-order valence-corrected chi connectivity index (χ3v) is 10.2. The maximum atomic E-state index is 10.8. The number of rotatable bonds is 8. The number of ether oxygens (including phenoxy) is 2. The molecule has 2 aliphatic rings. The van der Waals surface area contributed by atoms with Crippen molar-refractivity contribution in [3.05, 3.63) is 35.9 Å². The average Bonchev–Trinajstić information content (AvgIpc) is 3.54. The van der Waals surface area contributed by atoms with Gasteiger partial charge in [0.2, 0.25) is 5.95 Å². The van der Waals surface area contributed by atoms with Crippen molar-refractivity contribution in [2.24, 2.45) is 13.0 Å². The first-order chi connectivity index (χ1) is 19.8. The van der Waals surface area contributed by atoms with Gasteiger partial charge in [-0.1, -0.05) is 34.7 Å². The summed E-state index contributed by atoms with van der Waals surface area (Å²) < 4.78 is 16.2. The molecule has 2 unspecified atom stereocenters. The van der Waals surface area contributed by atoms with E-state index in [4.69, 9.17) is 29.4 Å². The number of piperidine rings is 1. The van der Waals surface area contributed by atoms with E-state index in [-0.39, 0.29) is 6.10 Å². The topological polar surface area (TPSA) is 107 Å². The normalized spacial score (nSPS) is 19.7. The van der Waals surface area contributed by atoms with Crippen LogP contribution in [0, 0.1) is 5.92 Å². The van der Waals surface area contributed by atoms with Gasteiger partial charge >= 0.3 is 0 Å². The van der Waals surface area contributed by atoms with Gasteiger partial charge in [-0.3, -0.25) is 9.47 Å². The summed E-state index contributed by atoms with van der Waals surface area (Å²) in [6.07, 6.45) is 1.72. The fraction of sp³-hybridized carbons (Fsp3) is 0.586. The highest BCUT2D eigenvalue weighted by atomic mass is 127. The first-order valence-corrected chi connectivity index (χ1v) is 15.9. The van der Waals surface area contributed by atoms with E-state index in [9.17, 15) is 5.11 Å². The fourth-order valence-electron chi connectivity index (χ4n) is 5.97. The number of aromatic nitrogens is 6. The van der Waals surface area contributed by atoms with Crippen molar-refractivity contribution < 1.29 is 14.6 Å². The highest BCUT2D eigenvalue weighted by Gasteiger charge is 2.34. The van der Waals surface area contributed by atoms with Crippen molar-refractivity contribution in [3.8, 4) is 5.95 Å². The molecule has 2 aliphatic heterocycles. The Kier molecular flexibility index (Phi) is 8.20. The molecule has 2 fully saturated rings. The van der Waals surface area contributed by atoms with E-state index in [1.54, 1.807) is 7.11 Å². The molecule has 0 radical (unpaired) electrons. The minimum absolute atomic E-state index is 0.244. The molecule has 1 N–H and O–H groups in total. The van der Waals surface area contributed by atoms with Crippen molar-refractivity contribution in [2.45, 2.75) is 44.9 Å². The number of halogens is 1. The molecule has 41 heavy (non-hydrogen) atoms. The third kappa shape index (κ3) is 5.44. The summed E-state index contributed by atoms with van der Waals surface area (Å²) >= 11 is 2.29. The Labute approximate surface area is 254 Å². The van der Waals surface area contributed by atoms with Gasteiger partial charge in [0.15, 0.2) is 17.0 Å². The summed E-state index contributed by atoms with van der Waals surface area (Å²) in [7, 11) is 3.74. The van der Waals surface area contributed by atoms with Crippen molar-refractivity contribution in [1.82, 2.24) is 34.0 Å². The van der Waals surface area contributed by atoms with E-state index in [1.165, 1.54) is 0 Å². The Hall–Kier alpha value is -2.39. The first-order valence-electron chi connectivity index (χ1n) is 14.4. The minimum atomic E-state index is -0.611. The predicted molar refractivity (Wildman–Crippen MR) is 167 cm³/mol. The van der Waals surface area contributed by atoms with Crippen molar-refractivity contribution in [2.75, 3.05) is 55.8 Å². The van der Waals surface area contributed by atoms with Crippen LogP contribution in [0.2, 0.25) is 0 Å². The summed E-state index contributed by atoms with van der Waals surface area (Å²) in [6, 6.07) is 8.05. The summed E-state index contributed by atoms with van der Waals surface area (Å²) in [5, 5.41) is 10.8. The van der Waals surface area contributed by atoms with Gasteiger partial charge in [0.1, 0.15) is 17.8 Å². The molecule has 0 saturated carbocycles. The Morgan fingerprint density at radius 2 is 1.83 bits per heavy atom. The van der Waals surface area contributed by atoms with Crippen LogP contribution in [-0.4, -0.2) is 95.6 Å². The van der Waals surface area contributed by atoms with E-state index in [0.717, 1.165) is 89.7 Å². The molecule has 0 aliphatic carbocycles.